The SMILES string of the molecule is Cc1cccc(-n2c(SCC(N)=O)nc3sc4c(c3c2=O)CC(C)(C)SC4)c1. The minimum Gasteiger partial charge on any atom is -0.369 e. The van der Waals surface area contributed by atoms with E-state index in [-0.39, 0.29) is 16.1 Å². The lowest BCUT2D eigenvalue weighted by Gasteiger charge is -2.28. The number of thiophene rings is 1. The van der Waals surface area contributed by atoms with Gasteiger partial charge in [-0.2, -0.15) is 0 Å². The highest BCUT2D eigenvalue weighted by molar-refractivity contribution is 8.00. The number of nitrogens with zero attached hydrogens (tertiary/aromatic N) is 2. The third kappa shape index (κ3) is 3.60. The van der Waals surface area contributed by atoms with E-state index in [1.54, 1.807) is 15.9 Å². The number of hydrogen-bond acceptors (Lipinski definition) is 6. The third-order valence-electron chi connectivity index (χ3n) is 4.68. The summed E-state index contributed by atoms with van der Waals surface area (Å²) in [6, 6.07) is 7.77. The van der Waals surface area contributed by atoms with Gasteiger partial charge in [-0.1, -0.05) is 37.7 Å². The van der Waals surface area contributed by atoms with Crippen LogP contribution in [0.1, 0.15) is 29.9 Å². The zero-order valence-corrected chi connectivity index (χ0v) is 18.4. The van der Waals surface area contributed by atoms with Crippen LogP contribution >= 0.6 is 34.9 Å². The molecule has 2 aromatic heterocycles. The van der Waals surface area contributed by atoms with Crippen molar-refractivity contribution in [3.05, 3.63) is 50.6 Å². The van der Waals surface area contributed by atoms with Crippen LogP contribution in [0.4, 0.5) is 0 Å². The monoisotopic (exact) mass is 431 g/mol. The fourth-order valence-electron chi connectivity index (χ4n) is 3.40. The number of hydrogen-bond donors (Lipinski definition) is 1. The standard InChI is InChI=1S/C20H21N3O2S3/c1-11-5-4-6-12(7-11)23-18(25)16-13-8-20(2,3)27-9-14(13)28-17(16)22-19(23)26-10-15(21)24/h4-7H,8-10H2,1-3H3,(H2,21,24). The fourth-order valence-corrected chi connectivity index (χ4v) is 6.53. The Balaban J connectivity index is 1.98. The summed E-state index contributed by atoms with van der Waals surface area (Å²) < 4.78 is 1.73. The van der Waals surface area contributed by atoms with Gasteiger partial charge in [0, 0.05) is 15.4 Å². The lowest BCUT2D eigenvalue weighted by molar-refractivity contribution is -0.115. The first kappa shape index (κ1) is 19.5. The Morgan fingerprint density at radius 1 is 1.39 bits per heavy atom. The molecule has 0 saturated heterocycles. The number of benzene rings is 1. The summed E-state index contributed by atoms with van der Waals surface area (Å²) in [5.74, 6) is 0.549. The number of carbonyl (C=O) groups is 1. The molecule has 8 heteroatoms. The number of rotatable bonds is 4. The summed E-state index contributed by atoms with van der Waals surface area (Å²) >= 11 is 4.72. The minimum absolute atomic E-state index is 0.0669. The van der Waals surface area contributed by atoms with Gasteiger partial charge in [-0.3, -0.25) is 14.2 Å². The van der Waals surface area contributed by atoms with Gasteiger partial charge in [0.25, 0.3) is 5.56 Å². The van der Waals surface area contributed by atoms with Gasteiger partial charge in [-0.15, -0.1) is 23.1 Å². The quantitative estimate of drug-likeness (QED) is 0.501. The van der Waals surface area contributed by atoms with Crippen molar-refractivity contribution in [2.75, 3.05) is 5.75 Å². The van der Waals surface area contributed by atoms with Crippen LogP contribution in [0.2, 0.25) is 0 Å². The molecule has 1 aliphatic heterocycles. The molecule has 0 atom stereocenters. The van der Waals surface area contributed by atoms with E-state index >= 15 is 0 Å². The van der Waals surface area contributed by atoms with Crippen LogP contribution < -0.4 is 11.3 Å². The Morgan fingerprint density at radius 3 is 2.89 bits per heavy atom. The Hall–Kier alpha value is -1.77. The van der Waals surface area contributed by atoms with Gasteiger partial charge in [-0.05, 0) is 36.6 Å². The van der Waals surface area contributed by atoms with Gasteiger partial charge < -0.3 is 5.73 Å². The van der Waals surface area contributed by atoms with Crippen molar-refractivity contribution >= 4 is 51.0 Å². The highest BCUT2D eigenvalue weighted by Crippen LogP contribution is 2.44. The van der Waals surface area contributed by atoms with Crippen molar-refractivity contribution in [3.8, 4) is 5.69 Å². The van der Waals surface area contributed by atoms with E-state index in [9.17, 15) is 9.59 Å². The van der Waals surface area contributed by atoms with Crippen molar-refractivity contribution in [1.29, 1.82) is 0 Å². The topological polar surface area (TPSA) is 78.0 Å². The van der Waals surface area contributed by atoms with E-state index in [4.69, 9.17) is 10.7 Å². The molecule has 0 saturated carbocycles. The average molecular weight is 432 g/mol. The van der Waals surface area contributed by atoms with E-state index in [0.29, 0.717) is 5.16 Å². The maximum absolute atomic E-state index is 13.6. The van der Waals surface area contributed by atoms with Crippen LogP contribution in [0.25, 0.3) is 15.9 Å². The molecule has 1 amide bonds. The molecule has 2 N–H and O–H groups in total. The van der Waals surface area contributed by atoms with Crippen LogP contribution in [0.5, 0.6) is 0 Å². The second-order valence-corrected chi connectivity index (χ2v) is 11.2. The molecular weight excluding hydrogens is 410 g/mol. The van der Waals surface area contributed by atoms with E-state index in [1.807, 2.05) is 43.0 Å². The molecule has 28 heavy (non-hydrogen) atoms. The van der Waals surface area contributed by atoms with Crippen molar-refractivity contribution in [1.82, 2.24) is 9.55 Å². The molecule has 5 nitrogen and oxygen atoms in total. The molecule has 3 heterocycles. The molecule has 3 aromatic rings. The lowest BCUT2D eigenvalue weighted by Crippen LogP contribution is -2.26. The molecular formula is C20H21N3O2S3. The van der Waals surface area contributed by atoms with Crippen LogP contribution in [0.3, 0.4) is 0 Å². The van der Waals surface area contributed by atoms with E-state index in [0.717, 1.165) is 39.2 Å². The number of aryl methyl sites for hydroxylation is 1. The van der Waals surface area contributed by atoms with Gasteiger partial charge >= 0.3 is 0 Å². The fraction of sp³-hybridized carbons (Fsp3) is 0.350. The van der Waals surface area contributed by atoms with Crippen molar-refractivity contribution in [2.24, 2.45) is 5.73 Å². The van der Waals surface area contributed by atoms with Crippen molar-refractivity contribution in [2.45, 2.75) is 42.8 Å². The number of amides is 1. The molecule has 0 fully saturated rings. The number of nitrogens with two attached hydrogens (primary N) is 1. The van der Waals surface area contributed by atoms with Crippen molar-refractivity contribution < 1.29 is 4.79 Å². The number of thioether (sulfide) groups is 2. The predicted molar refractivity (Wildman–Crippen MR) is 119 cm³/mol. The van der Waals surface area contributed by atoms with Crippen LogP contribution in [0, 0.1) is 6.92 Å². The zero-order valence-electron chi connectivity index (χ0n) is 15.9. The van der Waals surface area contributed by atoms with Gasteiger partial charge in [-0.25, -0.2) is 4.98 Å². The second kappa shape index (κ2) is 7.24. The highest BCUT2D eigenvalue weighted by atomic mass is 32.2. The predicted octanol–water partition coefficient (Wildman–Crippen LogP) is 3.90. The smallest absolute Gasteiger partial charge is 0.267 e. The number of aromatic nitrogens is 2. The first-order valence-electron chi connectivity index (χ1n) is 8.94. The summed E-state index contributed by atoms with van der Waals surface area (Å²) in [6.45, 7) is 6.42. The first-order chi connectivity index (χ1) is 13.2. The Kier molecular flexibility index (Phi) is 5.05. The minimum atomic E-state index is -0.432. The molecule has 1 aliphatic rings. The van der Waals surface area contributed by atoms with Crippen LogP contribution in [-0.2, 0) is 17.0 Å². The maximum Gasteiger partial charge on any atom is 0.267 e. The van der Waals surface area contributed by atoms with E-state index < -0.39 is 5.91 Å². The Morgan fingerprint density at radius 2 is 2.18 bits per heavy atom. The summed E-state index contributed by atoms with van der Waals surface area (Å²) in [5.41, 5.74) is 8.22. The van der Waals surface area contributed by atoms with Gasteiger partial charge in [0.1, 0.15) is 4.83 Å². The molecule has 0 aliphatic carbocycles. The second-order valence-electron chi connectivity index (χ2n) is 7.54. The molecule has 0 spiro atoms. The molecule has 0 radical (unpaired) electrons. The highest BCUT2D eigenvalue weighted by Gasteiger charge is 2.31. The van der Waals surface area contributed by atoms with Crippen LogP contribution in [-0.4, -0.2) is 26.0 Å². The Bertz CT molecular complexity index is 1150. The summed E-state index contributed by atoms with van der Waals surface area (Å²) in [6.07, 6.45) is 0.853. The largest absolute Gasteiger partial charge is 0.369 e. The third-order valence-corrected chi connectivity index (χ3v) is 8.31. The van der Waals surface area contributed by atoms with Gasteiger partial charge in [0.2, 0.25) is 5.91 Å². The average Bonchev–Trinajstić information content (AvgIpc) is 2.96. The number of fused-ring (bicyclic) bond motifs is 3. The molecule has 1 aromatic carbocycles. The van der Waals surface area contributed by atoms with E-state index in [1.165, 1.54) is 16.6 Å². The van der Waals surface area contributed by atoms with Crippen molar-refractivity contribution in [3.63, 3.8) is 0 Å². The Labute approximate surface area is 175 Å². The van der Waals surface area contributed by atoms with Crippen LogP contribution in [0.15, 0.2) is 34.2 Å². The lowest BCUT2D eigenvalue weighted by atomic mass is 10.00. The molecule has 0 bridgehead atoms. The molecule has 0 unspecified atom stereocenters. The molecule has 4 rings (SSSR count). The van der Waals surface area contributed by atoms with Gasteiger partial charge in [0.15, 0.2) is 5.16 Å². The first-order valence-corrected chi connectivity index (χ1v) is 11.7. The summed E-state index contributed by atoms with van der Waals surface area (Å²) in [4.78, 5) is 31.8. The van der Waals surface area contributed by atoms with Gasteiger partial charge in [0.05, 0.1) is 16.8 Å². The molecule has 146 valence electrons. The van der Waals surface area contributed by atoms with E-state index in [2.05, 4.69) is 13.8 Å². The number of carbonyl (C=O) groups excluding carboxylic acids is 1. The normalized spacial score (nSPS) is 15.5. The maximum atomic E-state index is 13.6. The summed E-state index contributed by atoms with van der Waals surface area (Å²) in [7, 11) is 0. The summed E-state index contributed by atoms with van der Waals surface area (Å²) in [5, 5.41) is 1.23. The number of primary amides is 1. The zero-order chi connectivity index (χ0) is 20.1.